The summed E-state index contributed by atoms with van der Waals surface area (Å²) in [5.74, 6) is 0. The minimum Gasteiger partial charge on any atom is -0.294 e. The van der Waals surface area contributed by atoms with Gasteiger partial charge in [0.1, 0.15) is 0 Å². The quantitative estimate of drug-likeness (QED) is 0.685. The van der Waals surface area contributed by atoms with Gasteiger partial charge in [-0.25, -0.2) is 0 Å². The molecule has 1 aliphatic heterocycles. The van der Waals surface area contributed by atoms with E-state index in [-0.39, 0.29) is 0 Å². The summed E-state index contributed by atoms with van der Waals surface area (Å²) in [4.78, 5) is 4.44. The van der Waals surface area contributed by atoms with E-state index < -0.39 is 0 Å². The molecule has 0 N–H and O–H groups in total. The molecule has 0 spiro atoms. The number of halogens is 1. The Morgan fingerprint density at radius 2 is 2.00 bits per heavy atom. The van der Waals surface area contributed by atoms with E-state index in [1.165, 1.54) is 24.1 Å². The van der Waals surface area contributed by atoms with Crippen molar-refractivity contribution < 1.29 is 0 Å². The topological polar surface area (TPSA) is 12.4 Å². The fourth-order valence-corrected chi connectivity index (χ4v) is 1.71. The lowest BCUT2D eigenvalue weighted by Gasteiger charge is -2.00. The van der Waals surface area contributed by atoms with Crippen LogP contribution < -0.4 is 0 Å². The van der Waals surface area contributed by atoms with Crippen LogP contribution in [0.25, 0.3) is 0 Å². The van der Waals surface area contributed by atoms with Gasteiger partial charge in [0.05, 0.1) is 0 Å². The van der Waals surface area contributed by atoms with Gasteiger partial charge in [-0.15, -0.1) is 0 Å². The minimum atomic E-state index is 0.803. The van der Waals surface area contributed by atoms with Crippen molar-refractivity contribution in [2.75, 3.05) is 6.54 Å². The van der Waals surface area contributed by atoms with E-state index in [1.807, 2.05) is 12.1 Å². The van der Waals surface area contributed by atoms with Gasteiger partial charge < -0.3 is 0 Å². The molecule has 0 atom stereocenters. The molecule has 0 aromatic heterocycles. The molecule has 0 saturated carbocycles. The lowest BCUT2D eigenvalue weighted by atomic mass is 10.1. The molecule has 0 radical (unpaired) electrons. The van der Waals surface area contributed by atoms with Gasteiger partial charge in [-0.1, -0.05) is 23.7 Å². The number of hydrogen-bond donors (Lipinski definition) is 0. The Hall–Kier alpha value is -0.820. The zero-order valence-electron chi connectivity index (χ0n) is 7.46. The third-order valence-corrected chi connectivity index (χ3v) is 2.53. The van der Waals surface area contributed by atoms with Gasteiger partial charge in [0.15, 0.2) is 0 Å². The molecule has 1 aromatic rings. The summed E-state index contributed by atoms with van der Waals surface area (Å²) in [5.41, 5.74) is 2.65. The van der Waals surface area contributed by atoms with E-state index in [9.17, 15) is 0 Å². The molecule has 1 nitrogen and oxygen atoms in total. The number of benzene rings is 1. The van der Waals surface area contributed by atoms with E-state index >= 15 is 0 Å². The van der Waals surface area contributed by atoms with Crippen molar-refractivity contribution in [1.82, 2.24) is 0 Å². The number of aliphatic imine (C=N–C) groups is 1. The predicted molar refractivity (Wildman–Crippen MR) is 56.7 cm³/mol. The van der Waals surface area contributed by atoms with Crippen LogP contribution in [0.1, 0.15) is 18.4 Å². The van der Waals surface area contributed by atoms with Crippen LogP contribution in [0.15, 0.2) is 29.3 Å². The molecule has 0 unspecified atom stereocenters. The van der Waals surface area contributed by atoms with Crippen molar-refractivity contribution in [2.45, 2.75) is 19.3 Å². The minimum absolute atomic E-state index is 0.803. The van der Waals surface area contributed by atoms with E-state index in [4.69, 9.17) is 11.6 Å². The van der Waals surface area contributed by atoms with E-state index in [0.717, 1.165) is 18.0 Å². The van der Waals surface area contributed by atoms with Gasteiger partial charge in [-0.2, -0.15) is 0 Å². The van der Waals surface area contributed by atoms with Gasteiger partial charge in [0.25, 0.3) is 0 Å². The molecule has 0 fully saturated rings. The van der Waals surface area contributed by atoms with E-state index in [2.05, 4.69) is 17.1 Å². The van der Waals surface area contributed by atoms with Gasteiger partial charge >= 0.3 is 0 Å². The molecular formula is C11H12ClN. The molecule has 2 rings (SSSR count). The van der Waals surface area contributed by atoms with Crippen LogP contribution in [0, 0.1) is 0 Å². The first-order valence-electron chi connectivity index (χ1n) is 4.61. The first-order valence-corrected chi connectivity index (χ1v) is 4.99. The second kappa shape index (κ2) is 3.93. The van der Waals surface area contributed by atoms with Crippen LogP contribution >= 0.6 is 11.6 Å². The summed E-state index contributed by atoms with van der Waals surface area (Å²) in [5, 5.41) is 0.803. The Bertz CT molecular complexity index is 313. The van der Waals surface area contributed by atoms with Crippen LogP contribution in [0.2, 0.25) is 5.02 Å². The summed E-state index contributed by atoms with van der Waals surface area (Å²) in [6.45, 7) is 1.02. The van der Waals surface area contributed by atoms with Crippen LogP contribution in [-0.4, -0.2) is 12.3 Å². The lowest BCUT2D eigenvalue weighted by Crippen LogP contribution is -1.98. The fraction of sp³-hybridized carbons (Fsp3) is 0.364. The maximum Gasteiger partial charge on any atom is 0.0406 e. The van der Waals surface area contributed by atoms with Crippen molar-refractivity contribution in [1.29, 1.82) is 0 Å². The van der Waals surface area contributed by atoms with E-state index in [1.54, 1.807) is 0 Å². The third kappa shape index (κ3) is 2.31. The SMILES string of the molecule is Clc1ccc(CC2=NCCC2)cc1. The highest BCUT2D eigenvalue weighted by atomic mass is 35.5. The first kappa shape index (κ1) is 8.76. The summed E-state index contributed by atoms with van der Waals surface area (Å²) in [7, 11) is 0. The standard InChI is InChI=1S/C11H12ClN/c12-10-5-3-9(4-6-10)8-11-2-1-7-13-11/h3-6H,1-2,7-8H2. The van der Waals surface area contributed by atoms with Crippen LogP contribution in [0.5, 0.6) is 0 Å². The summed E-state index contributed by atoms with van der Waals surface area (Å²) in [6.07, 6.45) is 3.39. The number of nitrogens with zero attached hydrogens (tertiary/aromatic N) is 1. The fourth-order valence-electron chi connectivity index (χ4n) is 1.58. The molecule has 68 valence electrons. The van der Waals surface area contributed by atoms with Gasteiger partial charge in [0.2, 0.25) is 0 Å². The lowest BCUT2D eigenvalue weighted by molar-refractivity contribution is 0.949. The Kier molecular flexibility index (Phi) is 2.65. The van der Waals surface area contributed by atoms with Gasteiger partial charge in [0, 0.05) is 23.7 Å². The van der Waals surface area contributed by atoms with Crippen molar-refractivity contribution in [3.8, 4) is 0 Å². The van der Waals surface area contributed by atoms with Crippen LogP contribution in [0.3, 0.4) is 0 Å². The summed E-state index contributed by atoms with van der Waals surface area (Å²) < 4.78 is 0. The van der Waals surface area contributed by atoms with Gasteiger partial charge in [-0.05, 0) is 30.5 Å². The molecule has 0 saturated heterocycles. The molecule has 1 aromatic carbocycles. The zero-order chi connectivity index (χ0) is 9.10. The van der Waals surface area contributed by atoms with E-state index in [0.29, 0.717) is 0 Å². The highest BCUT2D eigenvalue weighted by Crippen LogP contribution is 2.13. The highest BCUT2D eigenvalue weighted by Gasteiger charge is 2.06. The molecule has 1 heterocycles. The Balaban J connectivity index is 2.05. The largest absolute Gasteiger partial charge is 0.294 e. The zero-order valence-corrected chi connectivity index (χ0v) is 8.22. The molecule has 0 amide bonds. The first-order chi connectivity index (χ1) is 6.34. The average molecular weight is 194 g/mol. The molecular weight excluding hydrogens is 182 g/mol. The van der Waals surface area contributed by atoms with Crippen molar-refractivity contribution in [3.63, 3.8) is 0 Å². The molecule has 0 aliphatic carbocycles. The van der Waals surface area contributed by atoms with Crippen molar-refractivity contribution >= 4 is 17.3 Å². The van der Waals surface area contributed by atoms with Crippen molar-refractivity contribution in [3.05, 3.63) is 34.9 Å². The second-order valence-electron chi connectivity index (χ2n) is 3.35. The Morgan fingerprint density at radius 1 is 1.23 bits per heavy atom. The monoisotopic (exact) mass is 193 g/mol. The smallest absolute Gasteiger partial charge is 0.0406 e. The highest BCUT2D eigenvalue weighted by molar-refractivity contribution is 6.30. The molecule has 2 heteroatoms. The average Bonchev–Trinajstić information content (AvgIpc) is 2.62. The van der Waals surface area contributed by atoms with Crippen LogP contribution in [0.4, 0.5) is 0 Å². The third-order valence-electron chi connectivity index (χ3n) is 2.28. The number of rotatable bonds is 2. The van der Waals surface area contributed by atoms with Crippen molar-refractivity contribution in [2.24, 2.45) is 4.99 Å². The molecule has 13 heavy (non-hydrogen) atoms. The molecule has 1 aliphatic rings. The Morgan fingerprint density at radius 3 is 2.62 bits per heavy atom. The maximum atomic E-state index is 5.80. The summed E-state index contributed by atoms with van der Waals surface area (Å²) in [6, 6.07) is 8.02. The molecule has 0 bridgehead atoms. The van der Waals surface area contributed by atoms with Gasteiger partial charge in [-0.3, -0.25) is 4.99 Å². The Labute approximate surface area is 83.4 Å². The second-order valence-corrected chi connectivity index (χ2v) is 3.79. The maximum absolute atomic E-state index is 5.80. The number of hydrogen-bond acceptors (Lipinski definition) is 1. The predicted octanol–water partition coefficient (Wildman–Crippen LogP) is 3.12. The van der Waals surface area contributed by atoms with Crippen LogP contribution in [-0.2, 0) is 6.42 Å². The summed E-state index contributed by atoms with van der Waals surface area (Å²) >= 11 is 5.80. The normalized spacial score (nSPS) is 15.9.